The van der Waals surface area contributed by atoms with E-state index in [4.69, 9.17) is 0 Å². The molecule has 2 rings (SSSR count). The number of fused-ring (bicyclic) bond motifs is 1. The van der Waals surface area contributed by atoms with Crippen molar-refractivity contribution in [1.29, 1.82) is 0 Å². The highest BCUT2D eigenvalue weighted by Crippen LogP contribution is 2.31. The SMILES string of the molecule is CCNC(=O)[C@@H]1Cc2cccnc2N1C(=O)[C@@H](NC(=O)[C@H](C)NC)[C@@H](C)CC. The zero-order chi connectivity index (χ0) is 20.8. The molecule has 1 aromatic heterocycles. The van der Waals surface area contributed by atoms with Crippen LogP contribution in [-0.2, 0) is 20.8 Å². The van der Waals surface area contributed by atoms with Crippen molar-refractivity contribution in [3.8, 4) is 0 Å². The third-order valence-corrected chi connectivity index (χ3v) is 5.31. The molecule has 1 aromatic rings. The summed E-state index contributed by atoms with van der Waals surface area (Å²) < 4.78 is 0. The summed E-state index contributed by atoms with van der Waals surface area (Å²) in [5.41, 5.74) is 0.852. The average Bonchev–Trinajstić information content (AvgIpc) is 3.10. The van der Waals surface area contributed by atoms with Crippen LogP contribution in [0, 0.1) is 5.92 Å². The molecule has 0 aromatic carbocycles. The number of pyridine rings is 1. The lowest BCUT2D eigenvalue weighted by molar-refractivity contribution is -0.131. The quantitative estimate of drug-likeness (QED) is 0.605. The molecule has 0 radical (unpaired) electrons. The van der Waals surface area contributed by atoms with Crippen molar-refractivity contribution in [1.82, 2.24) is 20.9 Å². The smallest absolute Gasteiger partial charge is 0.251 e. The lowest BCUT2D eigenvalue weighted by Crippen LogP contribution is -2.58. The van der Waals surface area contributed by atoms with Gasteiger partial charge in [-0.1, -0.05) is 26.3 Å². The predicted molar refractivity (Wildman–Crippen MR) is 108 cm³/mol. The fourth-order valence-corrected chi connectivity index (χ4v) is 3.26. The molecular formula is C20H31N5O3. The average molecular weight is 390 g/mol. The van der Waals surface area contributed by atoms with Crippen molar-refractivity contribution in [2.24, 2.45) is 5.92 Å². The molecule has 154 valence electrons. The number of hydrogen-bond acceptors (Lipinski definition) is 5. The molecule has 0 saturated carbocycles. The lowest BCUT2D eigenvalue weighted by atomic mass is 9.97. The highest BCUT2D eigenvalue weighted by Gasteiger charge is 2.43. The van der Waals surface area contributed by atoms with Crippen LogP contribution in [0.4, 0.5) is 5.82 Å². The Bertz CT molecular complexity index is 724. The predicted octanol–water partition coefficient (Wildman–Crippen LogP) is 0.614. The zero-order valence-electron chi connectivity index (χ0n) is 17.3. The van der Waals surface area contributed by atoms with E-state index in [-0.39, 0.29) is 23.6 Å². The van der Waals surface area contributed by atoms with Gasteiger partial charge in [-0.15, -0.1) is 0 Å². The number of amides is 3. The van der Waals surface area contributed by atoms with Crippen LogP contribution in [0.15, 0.2) is 18.3 Å². The van der Waals surface area contributed by atoms with Crippen molar-refractivity contribution < 1.29 is 14.4 Å². The number of rotatable bonds is 8. The molecule has 0 aliphatic carbocycles. The molecule has 4 atom stereocenters. The molecule has 0 bridgehead atoms. The Morgan fingerprint density at radius 2 is 2.00 bits per heavy atom. The van der Waals surface area contributed by atoms with Gasteiger partial charge in [0.15, 0.2) is 0 Å². The van der Waals surface area contributed by atoms with Crippen molar-refractivity contribution in [3.05, 3.63) is 23.9 Å². The summed E-state index contributed by atoms with van der Waals surface area (Å²) in [5.74, 6) is -0.376. The summed E-state index contributed by atoms with van der Waals surface area (Å²) in [6.45, 7) is 7.94. The summed E-state index contributed by atoms with van der Waals surface area (Å²) in [4.78, 5) is 44.4. The van der Waals surface area contributed by atoms with Crippen LogP contribution >= 0.6 is 0 Å². The van der Waals surface area contributed by atoms with Crippen LogP contribution in [0.2, 0.25) is 0 Å². The van der Waals surface area contributed by atoms with Gasteiger partial charge >= 0.3 is 0 Å². The fraction of sp³-hybridized carbons (Fsp3) is 0.600. The number of likely N-dealkylation sites (N-methyl/N-ethyl adjacent to an activating group) is 2. The molecule has 2 heterocycles. The van der Waals surface area contributed by atoms with Gasteiger partial charge in [-0.05, 0) is 38.4 Å². The minimum Gasteiger partial charge on any atom is -0.355 e. The Kier molecular flexibility index (Phi) is 7.51. The van der Waals surface area contributed by atoms with Crippen LogP contribution < -0.4 is 20.9 Å². The maximum absolute atomic E-state index is 13.5. The fourth-order valence-electron chi connectivity index (χ4n) is 3.26. The Labute approximate surface area is 166 Å². The van der Waals surface area contributed by atoms with E-state index in [1.807, 2.05) is 26.8 Å². The number of hydrogen-bond donors (Lipinski definition) is 3. The summed E-state index contributed by atoms with van der Waals surface area (Å²) in [5, 5.41) is 8.55. The topological polar surface area (TPSA) is 103 Å². The molecule has 0 saturated heterocycles. The van der Waals surface area contributed by atoms with Crippen LogP contribution in [0.25, 0.3) is 0 Å². The minimum atomic E-state index is -0.738. The Hall–Kier alpha value is -2.48. The Morgan fingerprint density at radius 3 is 2.61 bits per heavy atom. The van der Waals surface area contributed by atoms with Crippen LogP contribution in [-0.4, -0.2) is 54.4 Å². The Balaban J connectivity index is 2.38. The second-order valence-electron chi connectivity index (χ2n) is 7.19. The van der Waals surface area contributed by atoms with E-state index in [2.05, 4.69) is 20.9 Å². The van der Waals surface area contributed by atoms with Crippen LogP contribution in [0.5, 0.6) is 0 Å². The molecule has 28 heavy (non-hydrogen) atoms. The van der Waals surface area contributed by atoms with Gasteiger partial charge in [0.2, 0.25) is 11.8 Å². The van der Waals surface area contributed by atoms with Gasteiger partial charge in [0.05, 0.1) is 6.04 Å². The van der Waals surface area contributed by atoms with E-state index >= 15 is 0 Å². The Morgan fingerprint density at radius 1 is 1.29 bits per heavy atom. The van der Waals surface area contributed by atoms with Crippen molar-refractivity contribution in [2.45, 2.75) is 58.7 Å². The second kappa shape index (κ2) is 9.64. The highest BCUT2D eigenvalue weighted by atomic mass is 16.2. The summed E-state index contributed by atoms with van der Waals surface area (Å²) in [6, 6.07) is 1.84. The minimum absolute atomic E-state index is 0.0943. The van der Waals surface area contributed by atoms with E-state index in [1.165, 1.54) is 4.90 Å². The molecule has 0 unspecified atom stereocenters. The van der Waals surface area contributed by atoms with Crippen LogP contribution in [0.1, 0.15) is 39.7 Å². The highest BCUT2D eigenvalue weighted by molar-refractivity contribution is 6.06. The number of nitrogens with one attached hydrogen (secondary N) is 3. The largest absolute Gasteiger partial charge is 0.355 e. The van der Waals surface area contributed by atoms with Gasteiger partial charge in [-0.3, -0.25) is 19.3 Å². The van der Waals surface area contributed by atoms with Crippen LogP contribution in [0.3, 0.4) is 0 Å². The van der Waals surface area contributed by atoms with E-state index in [9.17, 15) is 14.4 Å². The summed E-state index contributed by atoms with van der Waals surface area (Å²) in [7, 11) is 1.69. The van der Waals surface area contributed by atoms with E-state index < -0.39 is 18.1 Å². The molecule has 0 fully saturated rings. The molecule has 1 aliphatic heterocycles. The number of nitrogens with zero attached hydrogens (tertiary/aromatic N) is 2. The monoisotopic (exact) mass is 389 g/mol. The first-order valence-electron chi connectivity index (χ1n) is 9.87. The van der Waals surface area contributed by atoms with Gasteiger partial charge in [0.25, 0.3) is 5.91 Å². The first-order valence-corrected chi connectivity index (χ1v) is 9.87. The number of carbonyl (C=O) groups excluding carboxylic acids is 3. The standard InChI is InChI=1S/C20H31N5O3/c1-6-12(3)16(24-18(26)13(4)21-5)20(28)25-15(19(27)22-7-2)11-14-9-8-10-23-17(14)25/h8-10,12-13,15-16,21H,6-7,11H2,1-5H3,(H,22,27)(H,24,26)/t12-,13-,15-,16-/m0/s1. The number of carbonyl (C=O) groups is 3. The van der Waals surface area contributed by atoms with Crippen molar-refractivity contribution in [3.63, 3.8) is 0 Å². The third kappa shape index (κ3) is 4.49. The van der Waals surface area contributed by atoms with Crippen molar-refractivity contribution >= 4 is 23.5 Å². The summed E-state index contributed by atoms with van der Waals surface area (Å²) >= 11 is 0. The molecule has 8 nitrogen and oxygen atoms in total. The van der Waals surface area contributed by atoms with Gasteiger partial charge in [0.1, 0.15) is 17.9 Å². The van der Waals surface area contributed by atoms with E-state index in [1.54, 1.807) is 26.2 Å². The molecule has 3 amide bonds. The van der Waals surface area contributed by atoms with Gasteiger partial charge < -0.3 is 16.0 Å². The molecule has 1 aliphatic rings. The van der Waals surface area contributed by atoms with E-state index in [0.717, 1.165) is 5.56 Å². The first-order chi connectivity index (χ1) is 13.3. The second-order valence-corrected chi connectivity index (χ2v) is 7.19. The maximum Gasteiger partial charge on any atom is 0.251 e. The zero-order valence-corrected chi connectivity index (χ0v) is 17.3. The third-order valence-electron chi connectivity index (χ3n) is 5.31. The van der Waals surface area contributed by atoms with Gasteiger partial charge in [-0.25, -0.2) is 4.98 Å². The first kappa shape index (κ1) is 21.8. The summed E-state index contributed by atoms with van der Waals surface area (Å²) in [6.07, 6.45) is 2.73. The molecule has 3 N–H and O–H groups in total. The molecule has 0 spiro atoms. The van der Waals surface area contributed by atoms with Crippen molar-refractivity contribution in [2.75, 3.05) is 18.5 Å². The van der Waals surface area contributed by atoms with Gasteiger partial charge in [-0.2, -0.15) is 0 Å². The maximum atomic E-state index is 13.5. The lowest BCUT2D eigenvalue weighted by Gasteiger charge is -2.31. The van der Waals surface area contributed by atoms with Gasteiger partial charge in [0, 0.05) is 19.2 Å². The normalized spacial score (nSPS) is 18.8. The molecular weight excluding hydrogens is 358 g/mol. The number of anilines is 1. The number of aromatic nitrogens is 1. The molecule has 8 heteroatoms. The van der Waals surface area contributed by atoms with E-state index in [0.29, 0.717) is 25.2 Å².